The number of amides is 1. The Kier molecular flexibility index (Phi) is 9.32. The Balaban J connectivity index is 2.17. The van der Waals surface area contributed by atoms with E-state index in [0.29, 0.717) is 44.1 Å². The SMILES string of the molecule is COc1ccc(CN(C(=O)/C=C/C(=O)O)c2ccc(Br)cc2C(O)c2cccc(OC)c2C)c(OC)c1. The van der Waals surface area contributed by atoms with E-state index in [9.17, 15) is 14.7 Å². The van der Waals surface area contributed by atoms with E-state index in [1.807, 2.05) is 6.92 Å². The minimum Gasteiger partial charge on any atom is -0.497 e. The summed E-state index contributed by atoms with van der Waals surface area (Å²) in [6.07, 6.45) is 0.647. The lowest BCUT2D eigenvalue weighted by atomic mass is 9.95. The van der Waals surface area contributed by atoms with Crippen molar-refractivity contribution in [2.24, 2.45) is 0 Å². The number of nitrogens with zero attached hydrogens (tertiary/aromatic N) is 1. The molecule has 0 saturated heterocycles. The summed E-state index contributed by atoms with van der Waals surface area (Å²) < 4.78 is 16.9. The quantitative estimate of drug-likeness (QED) is 0.329. The maximum atomic E-state index is 13.3. The summed E-state index contributed by atoms with van der Waals surface area (Å²) in [4.78, 5) is 25.9. The van der Waals surface area contributed by atoms with Crippen LogP contribution in [-0.4, -0.2) is 43.4 Å². The number of ether oxygens (including phenoxy) is 3. The number of carbonyl (C=O) groups is 2. The number of aliphatic hydroxyl groups excluding tert-OH is 1. The van der Waals surface area contributed by atoms with Crippen molar-refractivity contribution in [2.75, 3.05) is 26.2 Å². The number of hydrogen-bond acceptors (Lipinski definition) is 6. The molecule has 0 spiro atoms. The molecule has 3 aromatic carbocycles. The van der Waals surface area contributed by atoms with Crippen LogP contribution in [0.1, 0.15) is 28.4 Å². The smallest absolute Gasteiger partial charge is 0.328 e. The molecule has 0 saturated carbocycles. The normalized spacial score (nSPS) is 11.7. The average molecular weight is 570 g/mol. The molecule has 0 aliphatic heterocycles. The molecule has 0 heterocycles. The molecule has 194 valence electrons. The van der Waals surface area contributed by atoms with E-state index < -0.39 is 18.0 Å². The molecule has 1 atom stereocenters. The Bertz CT molecular complexity index is 1320. The Morgan fingerprint density at radius 1 is 0.946 bits per heavy atom. The number of aliphatic carboxylic acids is 1. The van der Waals surface area contributed by atoms with Crippen LogP contribution in [0.2, 0.25) is 0 Å². The maximum Gasteiger partial charge on any atom is 0.328 e. The first kappa shape index (κ1) is 27.8. The van der Waals surface area contributed by atoms with Gasteiger partial charge in [-0.25, -0.2) is 4.79 Å². The second-order valence-electron chi connectivity index (χ2n) is 8.05. The van der Waals surface area contributed by atoms with Gasteiger partial charge in [0.2, 0.25) is 0 Å². The first-order valence-corrected chi connectivity index (χ1v) is 12.0. The highest BCUT2D eigenvalue weighted by Crippen LogP contribution is 2.38. The predicted molar refractivity (Wildman–Crippen MR) is 143 cm³/mol. The van der Waals surface area contributed by atoms with E-state index in [1.165, 1.54) is 19.1 Å². The number of hydrogen-bond donors (Lipinski definition) is 2. The summed E-state index contributed by atoms with van der Waals surface area (Å²) in [5.41, 5.74) is 2.85. The largest absolute Gasteiger partial charge is 0.497 e. The number of methoxy groups -OCH3 is 3. The molecular formula is C28H28BrNO7. The Hall–Kier alpha value is -3.82. The minimum atomic E-state index is -1.25. The summed E-state index contributed by atoms with van der Waals surface area (Å²) in [5.74, 6) is -0.148. The fourth-order valence-corrected chi connectivity index (χ4v) is 4.35. The Labute approximate surface area is 223 Å². The van der Waals surface area contributed by atoms with Crippen LogP contribution >= 0.6 is 15.9 Å². The summed E-state index contributed by atoms with van der Waals surface area (Å²) in [6, 6.07) is 15.7. The first-order chi connectivity index (χ1) is 17.7. The Morgan fingerprint density at radius 2 is 1.68 bits per heavy atom. The lowest BCUT2D eigenvalue weighted by Crippen LogP contribution is -2.30. The minimum absolute atomic E-state index is 0.0361. The van der Waals surface area contributed by atoms with Crippen molar-refractivity contribution in [1.82, 2.24) is 0 Å². The zero-order valence-electron chi connectivity index (χ0n) is 20.9. The molecule has 0 aromatic heterocycles. The molecular weight excluding hydrogens is 542 g/mol. The van der Waals surface area contributed by atoms with Gasteiger partial charge in [-0.2, -0.15) is 0 Å². The lowest BCUT2D eigenvalue weighted by molar-refractivity contribution is -0.131. The zero-order valence-corrected chi connectivity index (χ0v) is 22.5. The molecule has 3 rings (SSSR count). The fourth-order valence-electron chi connectivity index (χ4n) is 3.97. The van der Waals surface area contributed by atoms with Gasteiger partial charge >= 0.3 is 5.97 Å². The second-order valence-corrected chi connectivity index (χ2v) is 8.97. The summed E-state index contributed by atoms with van der Waals surface area (Å²) >= 11 is 3.46. The van der Waals surface area contributed by atoms with E-state index in [2.05, 4.69) is 15.9 Å². The van der Waals surface area contributed by atoms with Gasteiger partial charge in [0.1, 0.15) is 23.4 Å². The zero-order chi connectivity index (χ0) is 27.1. The van der Waals surface area contributed by atoms with Crippen molar-refractivity contribution in [1.29, 1.82) is 0 Å². The maximum absolute atomic E-state index is 13.3. The Morgan fingerprint density at radius 3 is 2.32 bits per heavy atom. The third-order valence-corrected chi connectivity index (χ3v) is 6.37. The fraction of sp³-hybridized carbons (Fsp3) is 0.214. The number of carboxylic acid groups (broad SMARTS) is 1. The standard InChI is InChI=1S/C28H28BrNO7/c1-17-21(6-5-7-24(17)36-3)28(34)22-14-19(29)9-11-23(22)30(26(31)12-13-27(32)33)16-18-8-10-20(35-2)15-25(18)37-4/h5-15,28,34H,16H2,1-4H3,(H,32,33)/b13-12+. The number of rotatable bonds is 10. The molecule has 1 amide bonds. The number of carboxylic acids is 1. The topological polar surface area (TPSA) is 106 Å². The molecule has 2 N–H and O–H groups in total. The monoisotopic (exact) mass is 569 g/mol. The molecule has 0 aliphatic carbocycles. The molecule has 1 unspecified atom stereocenters. The van der Waals surface area contributed by atoms with Crippen LogP contribution in [0, 0.1) is 6.92 Å². The van der Waals surface area contributed by atoms with Gasteiger partial charge in [-0.15, -0.1) is 0 Å². The average Bonchev–Trinajstić information content (AvgIpc) is 2.90. The number of anilines is 1. The van der Waals surface area contributed by atoms with Crippen molar-refractivity contribution in [3.05, 3.63) is 93.5 Å². The number of aliphatic hydroxyl groups is 1. The summed E-state index contributed by atoms with van der Waals surface area (Å²) in [5, 5.41) is 20.6. The third kappa shape index (κ3) is 6.49. The van der Waals surface area contributed by atoms with Crippen molar-refractivity contribution in [3.63, 3.8) is 0 Å². The highest BCUT2D eigenvalue weighted by molar-refractivity contribution is 9.10. The first-order valence-electron chi connectivity index (χ1n) is 11.2. The third-order valence-electron chi connectivity index (χ3n) is 5.87. The van der Waals surface area contributed by atoms with Crippen LogP contribution in [0.3, 0.4) is 0 Å². The van der Waals surface area contributed by atoms with Crippen LogP contribution in [0.5, 0.6) is 17.2 Å². The number of halogens is 1. The highest BCUT2D eigenvalue weighted by atomic mass is 79.9. The van der Waals surface area contributed by atoms with E-state index in [-0.39, 0.29) is 6.54 Å². The van der Waals surface area contributed by atoms with Crippen molar-refractivity contribution in [2.45, 2.75) is 19.6 Å². The molecule has 0 bridgehead atoms. The van der Waals surface area contributed by atoms with Gasteiger partial charge in [-0.3, -0.25) is 4.79 Å². The highest BCUT2D eigenvalue weighted by Gasteiger charge is 2.25. The van der Waals surface area contributed by atoms with Crippen LogP contribution in [0.4, 0.5) is 5.69 Å². The number of carbonyl (C=O) groups excluding carboxylic acids is 1. The van der Waals surface area contributed by atoms with Gasteiger partial charge in [0.05, 0.1) is 33.6 Å². The van der Waals surface area contributed by atoms with Crippen LogP contribution < -0.4 is 19.1 Å². The molecule has 0 fully saturated rings. The van der Waals surface area contributed by atoms with Gasteiger partial charge in [-0.05, 0) is 54.4 Å². The van der Waals surface area contributed by atoms with Crippen molar-refractivity contribution in [3.8, 4) is 17.2 Å². The molecule has 0 radical (unpaired) electrons. The van der Waals surface area contributed by atoms with E-state index in [4.69, 9.17) is 19.3 Å². The van der Waals surface area contributed by atoms with Gasteiger partial charge in [0.25, 0.3) is 5.91 Å². The van der Waals surface area contributed by atoms with Crippen LogP contribution in [0.15, 0.2) is 71.2 Å². The van der Waals surface area contributed by atoms with Gasteiger partial charge < -0.3 is 29.3 Å². The van der Waals surface area contributed by atoms with Crippen LogP contribution in [0.25, 0.3) is 0 Å². The molecule has 3 aromatic rings. The van der Waals surface area contributed by atoms with Gasteiger partial charge in [0, 0.05) is 33.8 Å². The molecule has 37 heavy (non-hydrogen) atoms. The van der Waals surface area contributed by atoms with E-state index in [1.54, 1.807) is 61.7 Å². The predicted octanol–water partition coefficient (Wildman–Crippen LogP) is 5.04. The van der Waals surface area contributed by atoms with Crippen molar-refractivity contribution < 1.29 is 34.0 Å². The van der Waals surface area contributed by atoms with Crippen molar-refractivity contribution >= 4 is 33.5 Å². The van der Waals surface area contributed by atoms with E-state index >= 15 is 0 Å². The molecule has 9 heteroatoms. The van der Waals surface area contributed by atoms with Gasteiger partial charge in [0.15, 0.2) is 0 Å². The van der Waals surface area contributed by atoms with Crippen LogP contribution in [-0.2, 0) is 16.1 Å². The second kappa shape index (κ2) is 12.4. The lowest BCUT2D eigenvalue weighted by Gasteiger charge is -2.28. The summed E-state index contributed by atoms with van der Waals surface area (Å²) in [6.45, 7) is 1.88. The van der Waals surface area contributed by atoms with Gasteiger partial charge in [-0.1, -0.05) is 28.1 Å². The number of benzene rings is 3. The molecule has 8 nitrogen and oxygen atoms in total. The summed E-state index contributed by atoms with van der Waals surface area (Å²) in [7, 11) is 4.60. The molecule has 0 aliphatic rings. The van der Waals surface area contributed by atoms with E-state index in [0.717, 1.165) is 17.7 Å².